The van der Waals surface area contributed by atoms with Gasteiger partial charge in [-0.15, -0.1) is 0 Å². The molecule has 0 atom stereocenters. The molecular weight excluding hydrogens is 338 g/mol. The summed E-state index contributed by atoms with van der Waals surface area (Å²) < 4.78 is 5.34. The number of hydrogen-bond acceptors (Lipinski definition) is 3. The van der Waals surface area contributed by atoms with Crippen LogP contribution in [-0.4, -0.2) is 11.9 Å². The molecule has 0 saturated carbocycles. The molecule has 0 heterocycles. The van der Waals surface area contributed by atoms with E-state index in [1.54, 1.807) is 24.3 Å². The van der Waals surface area contributed by atoms with Gasteiger partial charge in [-0.25, -0.2) is 0 Å². The molecular formula is C23H21NO3. The van der Waals surface area contributed by atoms with Gasteiger partial charge in [0.2, 0.25) is 0 Å². The third kappa shape index (κ3) is 5.28. The molecule has 0 unspecified atom stereocenters. The third-order valence-corrected chi connectivity index (χ3v) is 4.24. The lowest BCUT2D eigenvalue weighted by molar-refractivity contribution is -0.144. The molecule has 0 spiro atoms. The van der Waals surface area contributed by atoms with Gasteiger partial charge in [0.1, 0.15) is 6.61 Å². The van der Waals surface area contributed by atoms with Crippen LogP contribution in [0.3, 0.4) is 0 Å². The molecule has 0 aromatic heterocycles. The first-order valence-corrected chi connectivity index (χ1v) is 8.77. The van der Waals surface area contributed by atoms with E-state index in [-0.39, 0.29) is 24.9 Å². The summed E-state index contributed by atoms with van der Waals surface area (Å²) >= 11 is 0. The average molecular weight is 359 g/mol. The number of benzene rings is 3. The van der Waals surface area contributed by atoms with Crippen molar-refractivity contribution >= 4 is 17.6 Å². The first-order valence-electron chi connectivity index (χ1n) is 8.77. The van der Waals surface area contributed by atoms with Gasteiger partial charge < -0.3 is 10.1 Å². The zero-order chi connectivity index (χ0) is 19.1. The highest BCUT2D eigenvalue weighted by atomic mass is 16.5. The number of rotatable bonds is 6. The van der Waals surface area contributed by atoms with Crippen molar-refractivity contribution < 1.29 is 14.3 Å². The van der Waals surface area contributed by atoms with Gasteiger partial charge in [-0.2, -0.15) is 0 Å². The van der Waals surface area contributed by atoms with Crippen LogP contribution in [0.5, 0.6) is 0 Å². The second kappa shape index (κ2) is 8.81. The molecule has 3 aromatic rings. The number of ether oxygens (including phenoxy) is 1. The summed E-state index contributed by atoms with van der Waals surface area (Å²) in [6, 6.07) is 24.1. The Morgan fingerprint density at radius 1 is 0.852 bits per heavy atom. The first kappa shape index (κ1) is 18.4. The third-order valence-electron chi connectivity index (χ3n) is 4.24. The number of hydrogen-bond donors (Lipinski definition) is 1. The summed E-state index contributed by atoms with van der Waals surface area (Å²) in [6.07, 6.45) is 0.254. The van der Waals surface area contributed by atoms with Crippen molar-refractivity contribution in [3.8, 4) is 0 Å². The van der Waals surface area contributed by atoms with Gasteiger partial charge in [0.15, 0.2) is 0 Å². The molecule has 0 aliphatic carbocycles. The van der Waals surface area contributed by atoms with E-state index < -0.39 is 0 Å². The fraction of sp³-hybridized carbons (Fsp3) is 0.130. The molecule has 1 amide bonds. The molecule has 0 fully saturated rings. The molecule has 1 N–H and O–H groups in total. The molecule has 0 radical (unpaired) electrons. The van der Waals surface area contributed by atoms with Gasteiger partial charge in [0, 0.05) is 11.3 Å². The van der Waals surface area contributed by atoms with Gasteiger partial charge in [0.05, 0.1) is 6.42 Å². The van der Waals surface area contributed by atoms with E-state index in [1.165, 1.54) is 0 Å². The maximum absolute atomic E-state index is 12.2. The number of para-hydroxylation sites is 1. The second-order valence-electron chi connectivity index (χ2n) is 6.28. The molecule has 4 heteroatoms. The smallest absolute Gasteiger partial charge is 0.310 e. The second-order valence-corrected chi connectivity index (χ2v) is 6.28. The van der Waals surface area contributed by atoms with Crippen LogP contribution >= 0.6 is 0 Å². The minimum absolute atomic E-state index is 0.177. The highest BCUT2D eigenvalue weighted by molar-refractivity contribution is 6.04. The van der Waals surface area contributed by atoms with Crippen molar-refractivity contribution in [1.29, 1.82) is 0 Å². The fourth-order valence-electron chi connectivity index (χ4n) is 2.66. The van der Waals surface area contributed by atoms with Crippen molar-refractivity contribution in [2.75, 3.05) is 5.32 Å². The highest BCUT2D eigenvalue weighted by Crippen LogP contribution is 2.12. The topological polar surface area (TPSA) is 55.4 Å². The Hall–Kier alpha value is -3.40. The Balaban J connectivity index is 1.52. The number of carbonyl (C=O) groups excluding carboxylic acids is 2. The summed E-state index contributed by atoms with van der Waals surface area (Å²) in [7, 11) is 0. The lowest BCUT2D eigenvalue weighted by atomic mass is 10.1. The van der Waals surface area contributed by atoms with E-state index in [2.05, 4.69) is 5.32 Å². The minimum Gasteiger partial charge on any atom is -0.461 e. The summed E-state index contributed by atoms with van der Waals surface area (Å²) in [5, 5.41) is 2.84. The Morgan fingerprint density at radius 2 is 1.52 bits per heavy atom. The van der Waals surface area contributed by atoms with E-state index in [1.807, 2.05) is 61.5 Å². The molecule has 4 nitrogen and oxygen atoms in total. The molecule has 3 rings (SSSR count). The first-order chi connectivity index (χ1) is 13.1. The van der Waals surface area contributed by atoms with Crippen molar-refractivity contribution in [3.63, 3.8) is 0 Å². The summed E-state index contributed by atoms with van der Waals surface area (Å²) in [6.45, 7) is 2.16. The van der Waals surface area contributed by atoms with Crippen molar-refractivity contribution in [3.05, 3.63) is 101 Å². The van der Waals surface area contributed by atoms with Crippen LogP contribution in [0, 0.1) is 6.92 Å². The molecule has 0 aliphatic rings. The van der Waals surface area contributed by atoms with Crippen LogP contribution in [0.4, 0.5) is 5.69 Å². The van der Waals surface area contributed by atoms with E-state index in [4.69, 9.17) is 4.74 Å². The Bertz CT molecular complexity index is 918. The number of aryl methyl sites for hydroxylation is 1. The fourth-order valence-corrected chi connectivity index (χ4v) is 2.66. The summed E-state index contributed by atoms with van der Waals surface area (Å²) in [5.41, 5.74) is 4.17. The minimum atomic E-state index is -0.268. The Kier molecular flexibility index (Phi) is 6.00. The predicted octanol–water partition coefficient (Wildman–Crippen LogP) is 4.53. The standard InChI is InChI=1S/C23H21NO3/c1-17-7-5-6-8-20(17)15-22(25)27-16-18-11-13-19(14-12-18)23(26)24-21-9-3-2-4-10-21/h2-14H,15-16H2,1H3,(H,24,26). The van der Waals surface area contributed by atoms with Gasteiger partial charge >= 0.3 is 5.97 Å². The zero-order valence-corrected chi connectivity index (χ0v) is 15.1. The van der Waals surface area contributed by atoms with Gasteiger partial charge in [-0.1, -0.05) is 54.6 Å². The molecule has 136 valence electrons. The van der Waals surface area contributed by atoms with Crippen molar-refractivity contribution in [1.82, 2.24) is 0 Å². The summed E-state index contributed by atoms with van der Waals surface area (Å²) in [4.78, 5) is 24.3. The Labute approximate surface area is 158 Å². The lowest BCUT2D eigenvalue weighted by Gasteiger charge is -2.08. The highest BCUT2D eigenvalue weighted by Gasteiger charge is 2.09. The van der Waals surface area contributed by atoms with Crippen LogP contribution < -0.4 is 5.32 Å². The largest absolute Gasteiger partial charge is 0.461 e. The van der Waals surface area contributed by atoms with Gasteiger partial charge in [-0.3, -0.25) is 9.59 Å². The van der Waals surface area contributed by atoms with Crippen LogP contribution in [0.2, 0.25) is 0 Å². The number of anilines is 1. The summed E-state index contributed by atoms with van der Waals surface area (Å²) in [5.74, 6) is -0.445. The number of carbonyl (C=O) groups is 2. The molecule has 27 heavy (non-hydrogen) atoms. The molecule has 0 aliphatic heterocycles. The normalized spacial score (nSPS) is 10.3. The number of nitrogens with one attached hydrogen (secondary N) is 1. The molecule has 0 bridgehead atoms. The maximum atomic E-state index is 12.2. The SMILES string of the molecule is Cc1ccccc1CC(=O)OCc1ccc(C(=O)Nc2ccccc2)cc1. The molecule has 3 aromatic carbocycles. The lowest BCUT2D eigenvalue weighted by Crippen LogP contribution is -2.12. The van der Waals surface area contributed by atoms with Gasteiger partial charge in [0.25, 0.3) is 5.91 Å². The number of esters is 1. The predicted molar refractivity (Wildman–Crippen MR) is 106 cm³/mol. The van der Waals surface area contributed by atoms with Crippen LogP contribution in [0.15, 0.2) is 78.9 Å². The zero-order valence-electron chi connectivity index (χ0n) is 15.1. The maximum Gasteiger partial charge on any atom is 0.310 e. The van der Waals surface area contributed by atoms with Crippen LogP contribution in [0.1, 0.15) is 27.0 Å². The van der Waals surface area contributed by atoms with E-state index in [0.29, 0.717) is 5.56 Å². The van der Waals surface area contributed by atoms with Gasteiger partial charge in [-0.05, 0) is 47.9 Å². The quantitative estimate of drug-likeness (QED) is 0.658. The van der Waals surface area contributed by atoms with Crippen LogP contribution in [0.25, 0.3) is 0 Å². The Morgan fingerprint density at radius 3 is 2.22 bits per heavy atom. The van der Waals surface area contributed by atoms with Crippen LogP contribution in [-0.2, 0) is 22.6 Å². The van der Waals surface area contributed by atoms with E-state index in [0.717, 1.165) is 22.4 Å². The van der Waals surface area contributed by atoms with E-state index in [9.17, 15) is 9.59 Å². The average Bonchev–Trinajstić information content (AvgIpc) is 2.69. The van der Waals surface area contributed by atoms with E-state index >= 15 is 0 Å². The monoisotopic (exact) mass is 359 g/mol. The van der Waals surface area contributed by atoms with Crippen molar-refractivity contribution in [2.24, 2.45) is 0 Å². The number of amides is 1. The van der Waals surface area contributed by atoms with Crippen molar-refractivity contribution in [2.45, 2.75) is 20.0 Å². The molecule has 0 saturated heterocycles.